The summed E-state index contributed by atoms with van der Waals surface area (Å²) in [4.78, 5) is 10.9. The fraction of sp³-hybridized carbons (Fsp3) is 0.462. The number of hydrogen-bond donors (Lipinski definition) is 2. The summed E-state index contributed by atoms with van der Waals surface area (Å²) in [6, 6.07) is 3.10. The van der Waals surface area contributed by atoms with Crippen molar-refractivity contribution in [3.05, 3.63) is 28.0 Å². The molecular weight excluding hydrogens is 301 g/mol. The van der Waals surface area contributed by atoms with E-state index >= 15 is 0 Å². The fourth-order valence-electron chi connectivity index (χ4n) is 2.13. The van der Waals surface area contributed by atoms with Crippen molar-refractivity contribution < 1.29 is 14.3 Å². The van der Waals surface area contributed by atoms with Gasteiger partial charge in [0.25, 0.3) is 0 Å². The number of benzene rings is 1. The summed E-state index contributed by atoms with van der Waals surface area (Å²) < 4.78 is 14.0. The topological polar surface area (TPSA) is 49.3 Å². The van der Waals surface area contributed by atoms with Crippen molar-refractivity contribution in [3.8, 4) is 0 Å². The first-order chi connectivity index (χ1) is 8.50. The Kier molecular flexibility index (Phi) is 3.90. The quantitative estimate of drug-likeness (QED) is 0.886. The van der Waals surface area contributed by atoms with Crippen LogP contribution in [0.3, 0.4) is 0 Å². The number of carboxylic acids is 1. The van der Waals surface area contributed by atoms with E-state index in [9.17, 15) is 9.18 Å². The predicted molar refractivity (Wildman–Crippen MR) is 71.5 cm³/mol. The van der Waals surface area contributed by atoms with E-state index < -0.39 is 11.8 Å². The SMILES string of the molecule is CC(Nc1ccc(C(=O)O)c(Br)c1F)C1CCC1. The van der Waals surface area contributed by atoms with Crippen LogP contribution in [0.5, 0.6) is 0 Å². The maximum absolute atomic E-state index is 14.0. The highest BCUT2D eigenvalue weighted by atomic mass is 79.9. The normalized spacial score (nSPS) is 17.1. The Hall–Kier alpha value is -1.10. The number of anilines is 1. The van der Waals surface area contributed by atoms with Crippen LogP contribution in [0.1, 0.15) is 36.5 Å². The van der Waals surface area contributed by atoms with Gasteiger partial charge in [-0.05, 0) is 53.7 Å². The van der Waals surface area contributed by atoms with Crippen LogP contribution in [0.4, 0.5) is 10.1 Å². The zero-order valence-electron chi connectivity index (χ0n) is 10.0. The molecule has 2 N–H and O–H groups in total. The molecule has 2 rings (SSSR count). The van der Waals surface area contributed by atoms with Gasteiger partial charge in [-0.1, -0.05) is 6.42 Å². The summed E-state index contributed by atoms with van der Waals surface area (Å²) in [6.07, 6.45) is 3.58. The Morgan fingerprint density at radius 2 is 2.22 bits per heavy atom. The van der Waals surface area contributed by atoms with E-state index in [2.05, 4.69) is 21.2 Å². The van der Waals surface area contributed by atoms with Crippen LogP contribution in [0.2, 0.25) is 0 Å². The molecule has 0 aromatic heterocycles. The van der Waals surface area contributed by atoms with Gasteiger partial charge in [0.05, 0.1) is 15.7 Å². The van der Waals surface area contributed by atoms with E-state index in [1.807, 2.05) is 6.92 Å². The zero-order chi connectivity index (χ0) is 13.3. The molecule has 1 aliphatic carbocycles. The zero-order valence-corrected chi connectivity index (χ0v) is 11.6. The summed E-state index contributed by atoms with van der Waals surface area (Å²) in [6.45, 7) is 2.03. The molecule has 3 nitrogen and oxygen atoms in total. The van der Waals surface area contributed by atoms with Gasteiger partial charge in [0, 0.05) is 6.04 Å². The van der Waals surface area contributed by atoms with Crippen LogP contribution in [-0.4, -0.2) is 17.1 Å². The molecule has 0 bridgehead atoms. The first kappa shape index (κ1) is 13.3. The lowest BCUT2D eigenvalue weighted by atomic mass is 9.80. The number of carbonyl (C=O) groups is 1. The van der Waals surface area contributed by atoms with Gasteiger partial charge in [0.15, 0.2) is 5.82 Å². The van der Waals surface area contributed by atoms with Crippen molar-refractivity contribution >= 4 is 27.6 Å². The van der Waals surface area contributed by atoms with Crippen LogP contribution < -0.4 is 5.32 Å². The molecule has 0 aliphatic heterocycles. The molecule has 1 aromatic carbocycles. The van der Waals surface area contributed by atoms with Crippen molar-refractivity contribution in [1.82, 2.24) is 0 Å². The van der Waals surface area contributed by atoms with Gasteiger partial charge >= 0.3 is 5.97 Å². The summed E-state index contributed by atoms with van der Waals surface area (Å²) in [7, 11) is 0. The van der Waals surface area contributed by atoms with Gasteiger partial charge in [-0.25, -0.2) is 9.18 Å². The molecule has 5 heteroatoms. The highest BCUT2D eigenvalue weighted by Gasteiger charge is 2.25. The van der Waals surface area contributed by atoms with E-state index in [1.54, 1.807) is 0 Å². The fourth-order valence-corrected chi connectivity index (χ4v) is 2.64. The number of hydrogen-bond acceptors (Lipinski definition) is 2. The minimum absolute atomic E-state index is 0.000749. The lowest BCUT2D eigenvalue weighted by Gasteiger charge is -2.32. The third kappa shape index (κ3) is 2.51. The molecule has 0 heterocycles. The molecule has 18 heavy (non-hydrogen) atoms. The molecule has 0 amide bonds. The van der Waals surface area contributed by atoms with Crippen LogP contribution in [0.25, 0.3) is 0 Å². The smallest absolute Gasteiger partial charge is 0.336 e. The summed E-state index contributed by atoms with van der Waals surface area (Å²) in [5.74, 6) is -1.09. The minimum atomic E-state index is -1.14. The van der Waals surface area contributed by atoms with E-state index in [0.717, 1.165) is 0 Å². The molecule has 1 saturated carbocycles. The Morgan fingerprint density at radius 1 is 1.56 bits per heavy atom. The van der Waals surface area contributed by atoms with Gasteiger partial charge in [0.1, 0.15) is 0 Å². The van der Waals surface area contributed by atoms with E-state index in [-0.39, 0.29) is 16.1 Å². The van der Waals surface area contributed by atoms with Crippen molar-refractivity contribution in [3.63, 3.8) is 0 Å². The standard InChI is InChI=1S/C13H15BrFNO2/c1-7(8-3-2-4-8)16-10-6-5-9(13(17)18)11(14)12(10)15/h5-8,16H,2-4H2,1H3,(H,17,18). The molecule has 1 aromatic rings. The number of nitrogens with one attached hydrogen (secondary N) is 1. The van der Waals surface area contributed by atoms with Gasteiger partial charge < -0.3 is 10.4 Å². The average Bonchev–Trinajstić information content (AvgIpc) is 2.22. The molecule has 1 fully saturated rings. The van der Waals surface area contributed by atoms with E-state index in [0.29, 0.717) is 11.6 Å². The van der Waals surface area contributed by atoms with Crippen LogP contribution in [-0.2, 0) is 0 Å². The maximum Gasteiger partial charge on any atom is 0.336 e. The Bertz CT molecular complexity index is 474. The minimum Gasteiger partial charge on any atom is -0.478 e. The van der Waals surface area contributed by atoms with Crippen molar-refractivity contribution in [1.29, 1.82) is 0 Å². The van der Waals surface area contributed by atoms with Gasteiger partial charge in [0.2, 0.25) is 0 Å². The number of rotatable bonds is 4. The monoisotopic (exact) mass is 315 g/mol. The highest BCUT2D eigenvalue weighted by molar-refractivity contribution is 9.10. The Morgan fingerprint density at radius 3 is 2.72 bits per heavy atom. The molecule has 1 atom stereocenters. The van der Waals surface area contributed by atoms with Crippen LogP contribution in [0, 0.1) is 11.7 Å². The largest absolute Gasteiger partial charge is 0.478 e. The molecule has 1 unspecified atom stereocenters. The second kappa shape index (κ2) is 5.26. The first-order valence-electron chi connectivity index (χ1n) is 5.98. The summed E-state index contributed by atoms with van der Waals surface area (Å²) in [5.41, 5.74) is 0.292. The highest BCUT2D eigenvalue weighted by Crippen LogP contribution is 2.33. The lowest BCUT2D eigenvalue weighted by molar-refractivity contribution is 0.0695. The van der Waals surface area contributed by atoms with Crippen LogP contribution in [0.15, 0.2) is 16.6 Å². The number of carboxylic acid groups (broad SMARTS) is 1. The number of aromatic carboxylic acids is 1. The van der Waals surface area contributed by atoms with Crippen molar-refractivity contribution in [2.45, 2.75) is 32.2 Å². The summed E-state index contributed by atoms with van der Waals surface area (Å²) in [5, 5.41) is 12.0. The molecule has 1 aliphatic rings. The number of halogens is 2. The molecule has 0 saturated heterocycles. The lowest BCUT2D eigenvalue weighted by Crippen LogP contribution is -2.31. The Labute approximate surface area is 114 Å². The third-order valence-corrected chi connectivity index (χ3v) is 4.33. The second-order valence-corrected chi connectivity index (χ2v) is 5.51. The predicted octanol–water partition coefficient (Wildman–Crippen LogP) is 3.89. The molecular formula is C13H15BrFNO2. The van der Waals surface area contributed by atoms with Gasteiger partial charge in [-0.15, -0.1) is 0 Å². The second-order valence-electron chi connectivity index (χ2n) is 4.72. The van der Waals surface area contributed by atoms with Crippen LogP contribution >= 0.6 is 15.9 Å². The van der Waals surface area contributed by atoms with E-state index in [4.69, 9.17) is 5.11 Å². The Balaban J connectivity index is 2.18. The van der Waals surface area contributed by atoms with Gasteiger partial charge in [-0.2, -0.15) is 0 Å². The van der Waals surface area contributed by atoms with Crippen molar-refractivity contribution in [2.24, 2.45) is 5.92 Å². The van der Waals surface area contributed by atoms with Crippen molar-refractivity contribution in [2.75, 3.05) is 5.32 Å². The molecule has 98 valence electrons. The van der Waals surface area contributed by atoms with E-state index in [1.165, 1.54) is 31.4 Å². The first-order valence-corrected chi connectivity index (χ1v) is 6.78. The average molecular weight is 316 g/mol. The molecule has 0 spiro atoms. The summed E-state index contributed by atoms with van der Waals surface area (Å²) >= 11 is 2.99. The van der Waals surface area contributed by atoms with Gasteiger partial charge in [-0.3, -0.25) is 0 Å². The third-order valence-electron chi connectivity index (χ3n) is 3.55. The maximum atomic E-state index is 14.0. The molecule has 0 radical (unpaired) electrons.